The molecule has 2 saturated heterocycles. The standard InChI is InChI=1S/C29H37F3N4O2/c1-28(2,29(30,31)32)19-35-16-13-20(14-17-35)18-34-24-11-9-22(10-12-24)21-5-7-23(8-6-21)27(38)36-15-3-4-25(36)26(33)37/h5-12,20,25,34H,3-4,13-19H2,1-2H3,(H2,33,37)/t25-/m0/s1. The smallest absolute Gasteiger partial charge is 0.385 e. The maximum absolute atomic E-state index is 13.2. The van der Waals surface area contributed by atoms with E-state index in [0.717, 1.165) is 42.6 Å². The minimum absolute atomic E-state index is 0.0411. The van der Waals surface area contributed by atoms with Crippen LogP contribution in [0, 0.1) is 11.3 Å². The SMILES string of the molecule is CC(C)(CN1CCC(CNc2ccc(-c3ccc(C(=O)N4CCC[C@H]4C(N)=O)cc3)cc2)CC1)C(F)(F)F. The van der Waals surface area contributed by atoms with Crippen molar-refractivity contribution >= 4 is 17.5 Å². The average Bonchev–Trinajstić information content (AvgIpc) is 3.38. The van der Waals surface area contributed by atoms with Gasteiger partial charge in [-0.3, -0.25) is 9.59 Å². The topological polar surface area (TPSA) is 78.7 Å². The van der Waals surface area contributed by atoms with Gasteiger partial charge in [0.15, 0.2) is 0 Å². The molecule has 9 heteroatoms. The van der Waals surface area contributed by atoms with Gasteiger partial charge in [-0.25, -0.2) is 0 Å². The van der Waals surface area contributed by atoms with Crippen molar-refractivity contribution in [2.75, 3.05) is 38.0 Å². The number of primary amides is 1. The van der Waals surface area contributed by atoms with E-state index in [4.69, 9.17) is 5.73 Å². The minimum Gasteiger partial charge on any atom is -0.385 e. The van der Waals surface area contributed by atoms with Gasteiger partial charge in [0.05, 0.1) is 5.41 Å². The fourth-order valence-corrected chi connectivity index (χ4v) is 5.32. The van der Waals surface area contributed by atoms with Crippen LogP contribution in [-0.2, 0) is 4.79 Å². The van der Waals surface area contributed by atoms with Crippen molar-refractivity contribution in [2.45, 2.75) is 51.7 Å². The first kappa shape index (κ1) is 28.0. The molecule has 2 aromatic carbocycles. The number of halogens is 3. The molecule has 2 amide bonds. The second kappa shape index (κ2) is 11.4. The normalized spacial score (nSPS) is 19.5. The number of nitrogens with zero attached hydrogens (tertiary/aromatic N) is 2. The van der Waals surface area contributed by atoms with Crippen LogP contribution in [0.4, 0.5) is 18.9 Å². The maximum atomic E-state index is 13.2. The molecule has 2 heterocycles. The molecule has 38 heavy (non-hydrogen) atoms. The Kier molecular flexibility index (Phi) is 8.35. The fourth-order valence-electron chi connectivity index (χ4n) is 5.32. The van der Waals surface area contributed by atoms with E-state index < -0.39 is 23.5 Å². The molecule has 0 aromatic heterocycles. The molecule has 4 rings (SSSR count). The van der Waals surface area contributed by atoms with Crippen LogP contribution in [-0.4, -0.2) is 66.6 Å². The molecule has 2 fully saturated rings. The number of nitrogens with one attached hydrogen (secondary N) is 1. The fraction of sp³-hybridized carbons (Fsp3) is 0.517. The van der Waals surface area contributed by atoms with Crippen LogP contribution in [0.15, 0.2) is 48.5 Å². The third-order valence-electron chi connectivity index (χ3n) is 7.88. The number of amides is 2. The highest BCUT2D eigenvalue weighted by Crippen LogP contribution is 2.38. The summed E-state index contributed by atoms with van der Waals surface area (Å²) in [4.78, 5) is 28.0. The molecule has 0 saturated carbocycles. The zero-order chi connectivity index (χ0) is 27.5. The first-order valence-electron chi connectivity index (χ1n) is 13.3. The minimum atomic E-state index is -4.19. The van der Waals surface area contributed by atoms with Crippen molar-refractivity contribution in [3.63, 3.8) is 0 Å². The van der Waals surface area contributed by atoms with Crippen LogP contribution < -0.4 is 11.1 Å². The third kappa shape index (κ3) is 6.49. The van der Waals surface area contributed by atoms with E-state index in [2.05, 4.69) is 5.32 Å². The summed E-state index contributed by atoms with van der Waals surface area (Å²) in [6.45, 7) is 5.28. The third-order valence-corrected chi connectivity index (χ3v) is 7.88. The highest BCUT2D eigenvalue weighted by atomic mass is 19.4. The van der Waals surface area contributed by atoms with Crippen molar-refractivity contribution in [2.24, 2.45) is 17.1 Å². The molecular formula is C29H37F3N4O2. The number of carbonyl (C=O) groups is 2. The summed E-state index contributed by atoms with van der Waals surface area (Å²) in [5.74, 6) is -0.210. The van der Waals surface area contributed by atoms with Gasteiger partial charge in [-0.15, -0.1) is 0 Å². The van der Waals surface area contributed by atoms with Crippen molar-refractivity contribution < 1.29 is 22.8 Å². The zero-order valence-electron chi connectivity index (χ0n) is 22.1. The predicted octanol–water partition coefficient (Wildman–Crippen LogP) is 5.16. The first-order valence-corrected chi connectivity index (χ1v) is 13.3. The summed E-state index contributed by atoms with van der Waals surface area (Å²) < 4.78 is 39.6. The number of piperidine rings is 1. The largest absolute Gasteiger partial charge is 0.395 e. The molecule has 0 unspecified atom stereocenters. The highest BCUT2D eigenvalue weighted by molar-refractivity contribution is 5.98. The van der Waals surface area contributed by atoms with E-state index >= 15 is 0 Å². The number of nitrogens with two attached hydrogens (primary N) is 1. The van der Waals surface area contributed by atoms with Gasteiger partial charge < -0.3 is 20.9 Å². The predicted molar refractivity (Wildman–Crippen MR) is 143 cm³/mol. The van der Waals surface area contributed by atoms with E-state index in [0.29, 0.717) is 37.5 Å². The van der Waals surface area contributed by atoms with Gasteiger partial charge in [0.25, 0.3) is 5.91 Å². The van der Waals surface area contributed by atoms with Crippen molar-refractivity contribution in [3.05, 3.63) is 54.1 Å². The zero-order valence-corrected chi connectivity index (χ0v) is 22.1. The van der Waals surface area contributed by atoms with E-state index in [1.807, 2.05) is 41.3 Å². The van der Waals surface area contributed by atoms with Gasteiger partial charge in [0.1, 0.15) is 6.04 Å². The lowest BCUT2D eigenvalue weighted by atomic mass is 9.89. The van der Waals surface area contributed by atoms with Crippen LogP contribution >= 0.6 is 0 Å². The quantitative estimate of drug-likeness (QED) is 0.495. The Balaban J connectivity index is 1.26. The van der Waals surface area contributed by atoms with Gasteiger partial charge in [0, 0.05) is 30.9 Å². The Morgan fingerprint density at radius 2 is 1.50 bits per heavy atom. The number of benzene rings is 2. The number of hydrogen-bond donors (Lipinski definition) is 2. The van der Waals surface area contributed by atoms with Crippen LogP contribution in [0.25, 0.3) is 11.1 Å². The van der Waals surface area contributed by atoms with Gasteiger partial charge in [-0.1, -0.05) is 24.3 Å². The molecule has 3 N–H and O–H groups in total. The van der Waals surface area contributed by atoms with Gasteiger partial charge in [-0.05, 0) is 93.9 Å². The molecule has 1 atom stereocenters. The lowest BCUT2D eigenvalue weighted by Gasteiger charge is -2.38. The molecule has 2 aromatic rings. The van der Waals surface area contributed by atoms with Gasteiger partial charge in [-0.2, -0.15) is 13.2 Å². The lowest BCUT2D eigenvalue weighted by Crippen LogP contribution is -2.46. The lowest BCUT2D eigenvalue weighted by molar-refractivity contribution is -0.217. The summed E-state index contributed by atoms with van der Waals surface area (Å²) in [6, 6.07) is 14.9. The molecule has 0 aliphatic carbocycles. The number of anilines is 1. The maximum Gasteiger partial charge on any atom is 0.395 e. The highest BCUT2D eigenvalue weighted by Gasteiger charge is 2.48. The summed E-state index contributed by atoms with van der Waals surface area (Å²) in [6.07, 6.45) is -1.06. The Bertz CT molecular complexity index is 1110. The molecule has 0 spiro atoms. The molecule has 2 aliphatic heterocycles. The van der Waals surface area contributed by atoms with Crippen LogP contribution in [0.1, 0.15) is 49.9 Å². The van der Waals surface area contributed by atoms with E-state index in [9.17, 15) is 22.8 Å². The number of alkyl halides is 3. The molecule has 0 bridgehead atoms. The van der Waals surface area contributed by atoms with Crippen molar-refractivity contribution in [1.29, 1.82) is 0 Å². The van der Waals surface area contributed by atoms with Gasteiger partial charge in [0.2, 0.25) is 5.91 Å². The summed E-state index contributed by atoms with van der Waals surface area (Å²) in [7, 11) is 0. The Morgan fingerprint density at radius 1 is 0.921 bits per heavy atom. The molecule has 0 radical (unpaired) electrons. The van der Waals surface area contributed by atoms with Gasteiger partial charge >= 0.3 is 6.18 Å². The number of hydrogen-bond acceptors (Lipinski definition) is 4. The van der Waals surface area contributed by atoms with Crippen LogP contribution in [0.3, 0.4) is 0 Å². The van der Waals surface area contributed by atoms with Crippen LogP contribution in [0.5, 0.6) is 0 Å². The molecule has 206 valence electrons. The number of carbonyl (C=O) groups excluding carboxylic acids is 2. The summed E-state index contributed by atoms with van der Waals surface area (Å²) in [5, 5.41) is 3.46. The van der Waals surface area contributed by atoms with Crippen molar-refractivity contribution in [3.8, 4) is 11.1 Å². The van der Waals surface area contributed by atoms with E-state index in [1.54, 1.807) is 17.0 Å². The van der Waals surface area contributed by atoms with Crippen LogP contribution in [0.2, 0.25) is 0 Å². The molecular weight excluding hydrogens is 493 g/mol. The second-order valence-electron chi connectivity index (χ2n) is 11.2. The number of rotatable bonds is 8. The monoisotopic (exact) mass is 530 g/mol. The van der Waals surface area contributed by atoms with Crippen molar-refractivity contribution in [1.82, 2.24) is 9.80 Å². The Hall–Kier alpha value is -3.07. The molecule has 6 nitrogen and oxygen atoms in total. The number of likely N-dealkylation sites (tertiary alicyclic amines) is 2. The Morgan fingerprint density at radius 3 is 2.05 bits per heavy atom. The summed E-state index contributed by atoms with van der Waals surface area (Å²) >= 11 is 0. The second-order valence-corrected chi connectivity index (χ2v) is 11.2. The average molecular weight is 531 g/mol. The first-order chi connectivity index (χ1) is 17.9. The summed E-state index contributed by atoms with van der Waals surface area (Å²) in [5.41, 5.74) is 7.28. The molecule has 2 aliphatic rings. The van der Waals surface area contributed by atoms with E-state index in [-0.39, 0.29) is 12.5 Å². The van der Waals surface area contributed by atoms with E-state index in [1.165, 1.54) is 13.8 Å². The Labute approximate surface area is 222 Å².